The predicted octanol–water partition coefficient (Wildman–Crippen LogP) is 3.96. The first-order chi connectivity index (χ1) is 14.0. The molecule has 2 aromatic carbocycles. The summed E-state index contributed by atoms with van der Waals surface area (Å²) in [7, 11) is 1.63. The molecule has 0 saturated heterocycles. The van der Waals surface area contributed by atoms with E-state index in [0.717, 1.165) is 17.1 Å². The lowest BCUT2D eigenvalue weighted by Gasteiger charge is -2.13. The van der Waals surface area contributed by atoms with Gasteiger partial charge >= 0.3 is 0 Å². The van der Waals surface area contributed by atoms with E-state index in [1.165, 1.54) is 11.8 Å². The number of aromatic nitrogens is 3. The lowest BCUT2D eigenvalue weighted by atomic mass is 10.2. The summed E-state index contributed by atoms with van der Waals surface area (Å²) in [6, 6.07) is 16.4. The van der Waals surface area contributed by atoms with E-state index in [-0.39, 0.29) is 11.2 Å². The monoisotopic (exact) mass is 407 g/mol. The van der Waals surface area contributed by atoms with Gasteiger partial charge in [-0.2, -0.15) is 5.26 Å². The average molecular weight is 407 g/mol. The molecule has 0 unspecified atom stereocenters. The van der Waals surface area contributed by atoms with Gasteiger partial charge in [-0.3, -0.25) is 4.79 Å². The molecule has 3 aromatic rings. The number of anilines is 1. The van der Waals surface area contributed by atoms with Crippen LogP contribution in [0.1, 0.15) is 19.4 Å². The summed E-state index contributed by atoms with van der Waals surface area (Å²) in [5.74, 6) is 1.38. The summed E-state index contributed by atoms with van der Waals surface area (Å²) >= 11 is 1.35. The fourth-order valence-electron chi connectivity index (χ4n) is 2.70. The first-order valence-electron chi connectivity index (χ1n) is 9.11. The number of thioether (sulfide) groups is 1. The van der Waals surface area contributed by atoms with E-state index in [2.05, 4.69) is 21.6 Å². The van der Waals surface area contributed by atoms with Gasteiger partial charge in [0.05, 0.1) is 24.0 Å². The molecule has 0 fully saturated rings. The Bertz CT molecular complexity index is 1020. The number of benzene rings is 2. The summed E-state index contributed by atoms with van der Waals surface area (Å²) < 4.78 is 7.18. The molecule has 0 aliphatic rings. The highest BCUT2D eigenvalue weighted by Crippen LogP contribution is 2.28. The van der Waals surface area contributed by atoms with Gasteiger partial charge in [-0.15, -0.1) is 10.2 Å². The maximum Gasteiger partial charge on any atom is 0.237 e. The van der Waals surface area contributed by atoms with Gasteiger partial charge in [0.1, 0.15) is 5.75 Å². The van der Waals surface area contributed by atoms with Gasteiger partial charge in [0.2, 0.25) is 5.91 Å². The SMILES string of the molecule is CCn1c(S[C@@H](C)C(=O)Nc2ccc(C#N)cc2)nnc1-c1ccc(OC)cc1. The highest BCUT2D eigenvalue weighted by Gasteiger charge is 2.20. The predicted molar refractivity (Wildman–Crippen MR) is 113 cm³/mol. The highest BCUT2D eigenvalue weighted by molar-refractivity contribution is 8.00. The van der Waals surface area contributed by atoms with Crippen LogP contribution in [0.25, 0.3) is 11.4 Å². The zero-order valence-corrected chi connectivity index (χ0v) is 17.2. The van der Waals surface area contributed by atoms with Gasteiger partial charge in [0.25, 0.3) is 0 Å². The molecule has 1 heterocycles. The molecule has 0 spiro atoms. The number of carbonyl (C=O) groups excluding carboxylic acids is 1. The van der Waals surface area contributed by atoms with Crippen molar-refractivity contribution < 1.29 is 9.53 Å². The van der Waals surface area contributed by atoms with Crippen molar-refractivity contribution in [1.82, 2.24) is 14.8 Å². The Hall–Kier alpha value is -3.31. The Balaban J connectivity index is 1.72. The number of amides is 1. The minimum Gasteiger partial charge on any atom is -0.497 e. The van der Waals surface area contributed by atoms with Crippen LogP contribution >= 0.6 is 11.8 Å². The van der Waals surface area contributed by atoms with Gasteiger partial charge in [0.15, 0.2) is 11.0 Å². The Morgan fingerprint density at radius 3 is 2.48 bits per heavy atom. The normalized spacial score (nSPS) is 11.5. The topological polar surface area (TPSA) is 92.8 Å². The first-order valence-corrected chi connectivity index (χ1v) is 9.99. The average Bonchev–Trinajstić information content (AvgIpc) is 3.16. The fourth-order valence-corrected chi connectivity index (χ4v) is 3.61. The zero-order valence-electron chi connectivity index (χ0n) is 16.4. The Kier molecular flexibility index (Phi) is 6.52. The molecule has 1 N–H and O–H groups in total. The van der Waals surface area contributed by atoms with E-state index in [1.807, 2.05) is 42.7 Å². The molecule has 0 aliphatic heterocycles. The van der Waals surface area contributed by atoms with Crippen molar-refractivity contribution in [3.8, 4) is 23.2 Å². The maximum atomic E-state index is 12.5. The van der Waals surface area contributed by atoms with Gasteiger partial charge in [0, 0.05) is 17.8 Å². The highest BCUT2D eigenvalue weighted by atomic mass is 32.2. The van der Waals surface area contributed by atoms with E-state index in [1.54, 1.807) is 31.4 Å². The molecule has 0 radical (unpaired) electrons. The fraction of sp³-hybridized carbons (Fsp3) is 0.238. The van der Waals surface area contributed by atoms with Crippen LogP contribution in [0.2, 0.25) is 0 Å². The van der Waals surface area contributed by atoms with Gasteiger partial charge in [-0.05, 0) is 62.4 Å². The largest absolute Gasteiger partial charge is 0.497 e. The molecule has 0 aliphatic carbocycles. The van der Waals surface area contributed by atoms with Gasteiger partial charge in [-0.1, -0.05) is 11.8 Å². The van der Waals surface area contributed by atoms with Crippen LogP contribution < -0.4 is 10.1 Å². The Morgan fingerprint density at radius 2 is 1.90 bits per heavy atom. The second-order valence-corrected chi connectivity index (χ2v) is 7.53. The Labute approximate surface area is 173 Å². The summed E-state index contributed by atoms with van der Waals surface area (Å²) in [5.41, 5.74) is 2.13. The summed E-state index contributed by atoms with van der Waals surface area (Å²) in [5, 5.41) is 20.6. The van der Waals surface area contributed by atoms with Crippen molar-refractivity contribution in [2.24, 2.45) is 0 Å². The van der Waals surface area contributed by atoms with E-state index in [4.69, 9.17) is 10.00 Å². The quantitative estimate of drug-likeness (QED) is 0.596. The van der Waals surface area contributed by atoms with Crippen LogP contribution in [0.3, 0.4) is 0 Å². The molecule has 1 amide bonds. The Morgan fingerprint density at radius 1 is 1.21 bits per heavy atom. The lowest BCUT2D eigenvalue weighted by molar-refractivity contribution is -0.115. The number of hydrogen-bond acceptors (Lipinski definition) is 6. The van der Waals surface area contributed by atoms with Crippen molar-refractivity contribution in [2.45, 2.75) is 30.8 Å². The number of carbonyl (C=O) groups is 1. The van der Waals surface area contributed by atoms with Crippen LogP contribution in [0.5, 0.6) is 5.75 Å². The summed E-state index contributed by atoms with van der Waals surface area (Å²) in [6.07, 6.45) is 0. The zero-order chi connectivity index (χ0) is 20.8. The van der Waals surface area contributed by atoms with Crippen LogP contribution in [-0.2, 0) is 11.3 Å². The molecule has 3 rings (SSSR count). The molecule has 1 aromatic heterocycles. The van der Waals surface area contributed by atoms with Crippen molar-refractivity contribution in [2.75, 3.05) is 12.4 Å². The standard InChI is InChI=1S/C21H21N5O2S/c1-4-26-19(16-7-11-18(28-3)12-8-16)24-25-21(26)29-14(2)20(27)23-17-9-5-15(13-22)6-10-17/h5-12,14H,4H2,1-3H3,(H,23,27)/t14-/m0/s1. The van der Waals surface area contributed by atoms with Crippen LogP contribution in [0, 0.1) is 11.3 Å². The van der Waals surface area contributed by atoms with E-state index in [9.17, 15) is 4.79 Å². The van der Waals surface area contributed by atoms with Crippen molar-refractivity contribution in [1.29, 1.82) is 5.26 Å². The molecule has 7 nitrogen and oxygen atoms in total. The van der Waals surface area contributed by atoms with Crippen molar-refractivity contribution in [3.63, 3.8) is 0 Å². The van der Waals surface area contributed by atoms with Gasteiger partial charge < -0.3 is 14.6 Å². The van der Waals surface area contributed by atoms with E-state index in [0.29, 0.717) is 23.0 Å². The second-order valence-electron chi connectivity index (χ2n) is 6.22. The molecule has 0 saturated carbocycles. The molecular formula is C21H21N5O2S. The minimum atomic E-state index is -0.371. The molecule has 29 heavy (non-hydrogen) atoms. The molecule has 8 heteroatoms. The third-order valence-corrected chi connectivity index (χ3v) is 5.39. The summed E-state index contributed by atoms with van der Waals surface area (Å²) in [6.45, 7) is 4.52. The number of hydrogen-bond donors (Lipinski definition) is 1. The summed E-state index contributed by atoms with van der Waals surface area (Å²) in [4.78, 5) is 12.5. The second kappa shape index (κ2) is 9.26. The smallest absolute Gasteiger partial charge is 0.237 e. The third-order valence-electron chi connectivity index (χ3n) is 4.31. The molecule has 1 atom stereocenters. The van der Waals surface area contributed by atoms with Crippen molar-refractivity contribution in [3.05, 3.63) is 54.1 Å². The minimum absolute atomic E-state index is 0.142. The van der Waals surface area contributed by atoms with Crippen LogP contribution in [-0.4, -0.2) is 33.0 Å². The van der Waals surface area contributed by atoms with Gasteiger partial charge in [-0.25, -0.2) is 0 Å². The number of nitrogens with zero attached hydrogens (tertiary/aromatic N) is 4. The molecule has 0 bridgehead atoms. The third kappa shape index (κ3) is 4.76. The van der Waals surface area contributed by atoms with Crippen LogP contribution in [0.15, 0.2) is 53.7 Å². The van der Waals surface area contributed by atoms with Crippen LogP contribution in [0.4, 0.5) is 5.69 Å². The molecule has 148 valence electrons. The van der Waals surface area contributed by atoms with E-state index >= 15 is 0 Å². The number of nitrogens with one attached hydrogen (secondary N) is 1. The number of methoxy groups -OCH3 is 1. The number of ether oxygens (including phenoxy) is 1. The van der Waals surface area contributed by atoms with E-state index < -0.39 is 0 Å². The number of nitriles is 1. The molecular weight excluding hydrogens is 386 g/mol. The first kappa shape index (κ1) is 20.4. The maximum absolute atomic E-state index is 12.5. The number of rotatable bonds is 7. The van der Waals surface area contributed by atoms with Crippen molar-refractivity contribution >= 4 is 23.4 Å². The lowest BCUT2D eigenvalue weighted by Crippen LogP contribution is -2.22.